The number of hydrogen-bond donors (Lipinski definition) is 1. The molecule has 2 rings (SSSR count). The van der Waals surface area contributed by atoms with Gasteiger partial charge in [0.05, 0.1) is 5.69 Å². The number of nitrogens with zero attached hydrogens (tertiary/aromatic N) is 3. The SMILES string of the molecule is CCn1nccc1CNCC1CCCN1C. The molecule has 16 heavy (non-hydrogen) atoms. The van der Waals surface area contributed by atoms with Crippen LogP contribution in [0.25, 0.3) is 0 Å². The molecule has 1 N–H and O–H groups in total. The van der Waals surface area contributed by atoms with Crippen LogP contribution in [-0.2, 0) is 13.1 Å². The summed E-state index contributed by atoms with van der Waals surface area (Å²) in [5, 5.41) is 7.80. The molecule has 0 spiro atoms. The average Bonchev–Trinajstić information content (AvgIpc) is 2.88. The van der Waals surface area contributed by atoms with Gasteiger partial charge in [0.25, 0.3) is 0 Å². The molecule has 1 atom stereocenters. The maximum Gasteiger partial charge on any atom is 0.0521 e. The summed E-state index contributed by atoms with van der Waals surface area (Å²) in [6, 6.07) is 2.81. The first-order valence-corrected chi connectivity index (χ1v) is 6.23. The second kappa shape index (κ2) is 5.46. The molecule has 0 saturated carbocycles. The second-order valence-corrected chi connectivity index (χ2v) is 4.55. The first kappa shape index (κ1) is 11.6. The highest BCUT2D eigenvalue weighted by molar-refractivity contribution is 5.00. The molecule has 1 aromatic rings. The van der Waals surface area contributed by atoms with Crippen molar-refractivity contribution in [3.8, 4) is 0 Å². The minimum absolute atomic E-state index is 0.720. The van der Waals surface area contributed by atoms with E-state index in [9.17, 15) is 0 Å². The summed E-state index contributed by atoms with van der Waals surface area (Å²) in [6.45, 7) is 6.34. The van der Waals surface area contributed by atoms with Gasteiger partial charge >= 0.3 is 0 Å². The summed E-state index contributed by atoms with van der Waals surface area (Å²) in [7, 11) is 2.22. The number of rotatable bonds is 5. The molecular weight excluding hydrogens is 200 g/mol. The van der Waals surface area contributed by atoms with Crippen LogP contribution in [0.2, 0.25) is 0 Å². The number of likely N-dealkylation sites (N-methyl/N-ethyl adjacent to an activating group) is 1. The van der Waals surface area contributed by atoms with E-state index in [2.05, 4.69) is 35.4 Å². The van der Waals surface area contributed by atoms with Crippen molar-refractivity contribution < 1.29 is 0 Å². The van der Waals surface area contributed by atoms with E-state index in [0.717, 1.165) is 25.7 Å². The molecule has 1 fully saturated rings. The zero-order valence-electron chi connectivity index (χ0n) is 10.3. The van der Waals surface area contributed by atoms with Crippen LogP contribution in [0.1, 0.15) is 25.5 Å². The minimum Gasteiger partial charge on any atom is -0.310 e. The van der Waals surface area contributed by atoms with Crippen molar-refractivity contribution in [2.24, 2.45) is 0 Å². The molecule has 4 heteroatoms. The zero-order valence-corrected chi connectivity index (χ0v) is 10.3. The van der Waals surface area contributed by atoms with Gasteiger partial charge in [-0.05, 0) is 39.4 Å². The lowest BCUT2D eigenvalue weighted by atomic mass is 10.2. The summed E-state index contributed by atoms with van der Waals surface area (Å²) in [6.07, 6.45) is 4.55. The predicted octanol–water partition coefficient (Wildman–Crippen LogP) is 1.09. The fraction of sp³-hybridized carbons (Fsp3) is 0.750. The summed E-state index contributed by atoms with van der Waals surface area (Å²) >= 11 is 0. The lowest BCUT2D eigenvalue weighted by Gasteiger charge is -2.19. The van der Waals surface area contributed by atoms with E-state index in [1.165, 1.54) is 25.1 Å². The van der Waals surface area contributed by atoms with E-state index in [0.29, 0.717) is 0 Å². The van der Waals surface area contributed by atoms with Crippen molar-refractivity contribution in [3.63, 3.8) is 0 Å². The van der Waals surface area contributed by atoms with Gasteiger partial charge in [0.1, 0.15) is 0 Å². The average molecular weight is 222 g/mol. The smallest absolute Gasteiger partial charge is 0.0521 e. The molecule has 0 aromatic carbocycles. The molecule has 0 radical (unpaired) electrons. The van der Waals surface area contributed by atoms with E-state index in [1.807, 2.05) is 10.9 Å². The second-order valence-electron chi connectivity index (χ2n) is 4.55. The Morgan fingerprint density at radius 1 is 1.56 bits per heavy atom. The Morgan fingerprint density at radius 2 is 2.44 bits per heavy atom. The lowest BCUT2D eigenvalue weighted by molar-refractivity contribution is 0.299. The number of aromatic nitrogens is 2. The fourth-order valence-corrected chi connectivity index (χ4v) is 2.40. The van der Waals surface area contributed by atoms with Crippen LogP contribution in [0.4, 0.5) is 0 Å². The topological polar surface area (TPSA) is 33.1 Å². The number of nitrogens with one attached hydrogen (secondary N) is 1. The van der Waals surface area contributed by atoms with Gasteiger partial charge in [0.2, 0.25) is 0 Å². The maximum absolute atomic E-state index is 4.27. The van der Waals surface area contributed by atoms with Crippen LogP contribution in [0.15, 0.2) is 12.3 Å². The van der Waals surface area contributed by atoms with E-state index in [1.54, 1.807) is 0 Å². The number of aryl methyl sites for hydroxylation is 1. The highest BCUT2D eigenvalue weighted by atomic mass is 15.3. The van der Waals surface area contributed by atoms with Gasteiger partial charge < -0.3 is 10.2 Å². The normalized spacial score (nSPS) is 21.8. The van der Waals surface area contributed by atoms with Crippen LogP contribution in [0.3, 0.4) is 0 Å². The molecule has 2 heterocycles. The van der Waals surface area contributed by atoms with Crippen molar-refractivity contribution in [1.82, 2.24) is 20.0 Å². The third-order valence-electron chi connectivity index (χ3n) is 3.46. The molecule has 1 aliphatic heterocycles. The van der Waals surface area contributed by atoms with Gasteiger partial charge in [-0.25, -0.2) is 0 Å². The van der Waals surface area contributed by atoms with Crippen molar-refractivity contribution in [2.75, 3.05) is 20.1 Å². The molecule has 1 unspecified atom stereocenters. The van der Waals surface area contributed by atoms with E-state index in [4.69, 9.17) is 0 Å². The first-order valence-electron chi connectivity index (χ1n) is 6.23. The van der Waals surface area contributed by atoms with Gasteiger partial charge in [-0.2, -0.15) is 5.10 Å². The molecule has 0 bridgehead atoms. The quantitative estimate of drug-likeness (QED) is 0.809. The van der Waals surface area contributed by atoms with Gasteiger partial charge in [-0.3, -0.25) is 4.68 Å². The van der Waals surface area contributed by atoms with Crippen LogP contribution < -0.4 is 5.32 Å². The molecule has 1 saturated heterocycles. The molecule has 1 aromatic heterocycles. The molecule has 0 aliphatic carbocycles. The van der Waals surface area contributed by atoms with Crippen LogP contribution >= 0.6 is 0 Å². The Bertz CT molecular complexity index is 321. The van der Waals surface area contributed by atoms with Crippen LogP contribution in [0.5, 0.6) is 0 Å². The van der Waals surface area contributed by atoms with E-state index >= 15 is 0 Å². The lowest BCUT2D eigenvalue weighted by Crippen LogP contribution is -2.35. The largest absolute Gasteiger partial charge is 0.310 e. The summed E-state index contributed by atoms with van der Waals surface area (Å²) in [4.78, 5) is 2.45. The minimum atomic E-state index is 0.720. The number of hydrogen-bond acceptors (Lipinski definition) is 3. The standard InChI is InChI=1S/C12H22N4/c1-3-16-12(6-7-14-16)10-13-9-11-5-4-8-15(11)2/h6-7,11,13H,3-5,8-10H2,1-2H3. The summed E-state index contributed by atoms with van der Waals surface area (Å²) < 4.78 is 2.05. The Kier molecular flexibility index (Phi) is 3.96. The maximum atomic E-state index is 4.27. The van der Waals surface area contributed by atoms with Crippen molar-refractivity contribution in [1.29, 1.82) is 0 Å². The Hall–Kier alpha value is -0.870. The molecule has 4 nitrogen and oxygen atoms in total. The van der Waals surface area contributed by atoms with Gasteiger partial charge in [-0.1, -0.05) is 0 Å². The predicted molar refractivity (Wildman–Crippen MR) is 65.3 cm³/mol. The van der Waals surface area contributed by atoms with Crippen LogP contribution in [0, 0.1) is 0 Å². The molecule has 1 aliphatic rings. The van der Waals surface area contributed by atoms with Gasteiger partial charge in [0, 0.05) is 31.9 Å². The molecule has 90 valence electrons. The molecule has 0 amide bonds. The van der Waals surface area contributed by atoms with E-state index < -0.39 is 0 Å². The third kappa shape index (κ3) is 2.62. The summed E-state index contributed by atoms with van der Waals surface area (Å²) in [5.74, 6) is 0. The monoisotopic (exact) mass is 222 g/mol. The van der Waals surface area contributed by atoms with Crippen molar-refractivity contribution in [2.45, 2.75) is 38.9 Å². The summed E-state index contributed by atoms with van der Waals surface area (Å²) in [5.41, 5.74) is 1.28. The zero-order chi connectivity index (χ0) is 11.4. The van der Waals surface area contributed by atoms with Gasteiger partial charge in [-0.15, -0.1) is 0 Å². The van der Waals surface area contributed by atoms with Crippen LogP contribution in [-0.4, -0.2) is 40.9 Å². The van der Waals surface area contributed by atoms with Crippen molar-refractivity contribution >= 4 is 0 Å². The number of likely N-dealkylation sites (tertiary alicyclic amines) is 1. The van der Waals surface area contributed by atoms with Crippen molar-refractivity contribution in [3.05, 3.63) is 18.0 Å². The Labute approximate surface area is 97.6 Å². The highest BCUT2D eigenvalue weighted by Crippen LogP contribution is 2.13. The van der Waals surface area contributed by atoms with Gasteiger partial charge in [0.15, 0.2) is 0 Å². The molecular formula is C12H22N4. The highest BCUT2D eigenvalue weighted by Gasteiger charge is 2.19. The Morgan fingerprint density at radius 3 is 3.12 bits per heavy atom. The third-order valence-corrected chi connectivity index (χ3v) is 3.46. The first-order chi connectivity index (χ1) is 7.81. The fourth-order valence-electron chi connectivity index (χ4n) is 2.40. The van der Waals surface area contributed by atoms with E-state index in [-0.39, 0.29) is 0 Å². The Balaban J connectivity index is 1.75.